The van der Waals surface area contributed by atoms with Gasteiger partial charge in [0.25, 0.3) is 0 Å². The molecule has 1 rings (SSSR count). The van der Waals surface area contributed by atoms with Crippen LogP contribution in [0.25, 0.3) is 0 Å². The molecule has 0 aromatic carbocycles. The molecule has 0 saturated carbocycles. The maximum Gasteiger partial charge on any atom is 0.115 e. The van der Waals surface area contributed by atoms with Gasteiger partial charge in [0, 0.05) is 18.2 Å². The summed E-state index contributed by atoms with van der Waals surface area (Å²) >= 11 is 3.55. The molecular weight excluding hydrogens is 278 g/mol. The molecule has 0 radical (unpaired) electrons. The molecule has 3 nitrogen and oxygen atoms in total. The predicted molar refractivity (Wildman–Crippen MR) is 75.1 cm³/mol. The molecule has 0 aliphatic heterocycles. The quantitative estimate of drug-likeness (QED) is 0.875. The van der Waals surface area contributed by atoms with Gasteiger partial charge in [-0.2, -0.15) is 0 Å². The maximum atomic E-state index is 4.43. The van der Waals surface area contributed by atoms with E-state index in [0.29, 0.717) is 17.9 Å². The standard InChI is InChI=1S/C13H22BrN3/c1-5-6-16-10(4)12(9(2)3)13-11(14)7-15-8-17-13/h7-10,12,16H,5-6H2,1-4H3. The second-order valence-electron chi connectivity index (χ2n) is 4.77. The van der Waals surface area contributed by atoms with Crippen molar-refractivity contribution in [3.8, 4) is 0 Å². The number of nitrogens with one attached hydrogen (secondary N) is 1. The van der Waals surface area contributed by atoms with E-state index >= 15 is 0 Å². The zero-order valence-corrected chi connectivity index (χ0v) is 12.7. The molecule has 1 aromatic rings. The minimum Gasteiger partial charge on any atom is -0.314 e. The molecule has 1 heterocycles. The number of hydrogen-bond donors (Lipinski definition) is 1. The third-order valence-electron chi connectivity index (χ3n) is 2.99. The minimum absolute atomic E-state index is 0.402. The van der Waals surface area contributed by atoms with E-state index in [0.717, 1.165) is 23.1 Å². The van der Waals surface area contributed by atoms with Crippen LogP contribution in [0, 0.1) is 5.92 Å². The summed E-state index contributed by atoms with van der Waals surface area (Å²) in [7, 11) is 0. The van der Waals surface area contributed by atoms with E-state index in [1.165, 1.54) is 0 Å². The molecule has 0 aliphatic carbocycles. The lowest BCUT2D eigenvalue weighted by Crippen LogP contribution is -2.35. The summed E-state index contributed by atoms with van der Waals surface area (Å²) in [5, 5.41) is 3.56. The van der Waals surface area contributed by atoms with Crippen LogP contribution >= 0.6 is 15.9 Å². The monoisotopic (exact) mass is 299 g/mol. The van der Waals surface area contributed by atoms with Crippen molar-refractivity contribution < 1.29 is 0 Å². The molecular formula is C13H22BrN3. The van der Waals surface area contributed by atoms with Gasteiger partial charge >= 0.3 is 0 Å². The Morgan fingerprint density at radius 1 is 1.35 bits per heavy atom. The highest BCUT2D eigenvalue weighted by Gasteiger charge is 2.25. The van der Waals surface area contributed by atoms with Crippen molar-refractivity contribution in [3.05, 3.63) is 22.7 Å². The molecule has 1 aromatic heterocycles. The molecule has 0 amide bonds. The Hall–Kier alpha value is -0.480. The van der Waals surface area contributed by atoms with Crippen molar-refractivity contribution in [2.45, 2.75) is 46.1 Å². The van der Waals surface area contributed by atoms with Gasteiger partial charge in [-0.1, -0.05) is 20.8 Å². The summed E-state index contributed by atoms with van der Waals surface area (Å²) in [6.07, 6.45) is 4.60. The highest BCUT2D eigenvalue weighted by molar-refractivity contribution is 9.10. The Bertz CT molecular complexity index is 341. The lowest BCUT2D eigenvalue weighted by atomic mass is 9.86. The van der Waals surface area contributed by atoms with Crippen LogP contribution in [0.15, 0.2) is 17.0 Å². The molecule has 17 heavy (non-hydrogen) atoms. The van der Waals surface area contributed by atoms with Crippen LogP contribution < -0.4 is 5.32 Å². The van der Waals surface area contributed by atoms with Crippen LogP contribution in [0.5, 0.6) is 0 Å². The molecule has 2 atom stereocenters. The molecule has 2 unspecified atom stereocenters. The minimum atomic E-state index is 0.402. The summed E-state index contributed by atoms with van der Waals surface area (Å²) < 4.78 is 1.00. The highest BCUT2D eigenvalue weighted by atomic mass is 79.9. The van der Waals surface area contributed by atoms with E-state index in [1.807, 2.05) is 6.20 Å². The highest BCUT2D eigenvalue weighted by Crippen LogP contribution is 2.30. The zero-order valence-electron chi connectivity index (χ0n) is 11.1. The van der Waals surface area contributed by atoms with Crippen LogP contribution in [0.2, 0.25) is 0 Å². The summed E-state index contributed by atoms with van der Waals surface area (Å²) in [4.78, 5) is 8.46. The fourth-order valence-electron chi connectivity index (χ4n) is 2.20. The first-order valence-electron chi connectivity index (χ1n) is 6.26. The molecule has 0 saturated heterocycles. The van der Waals surface area contributed by atoms with Crippen molar-refractivity contribution in [2.24, 2.45) is 5.92 Å². The number of aromatic nitrogens is 2. The lowest BCUT2D eigenvalue weighted by Gasteiger charge is -2.28. The first kappa shape index (κ1) is 14.6. The third kappa shape index (κ3) is 4.03. The van der Waals surface area contributed by atoms with Gasteiger partial charge in [0.2, 0.25) is 0 Å². The molecule has 0 spiro atoms. The normalized spacial score (nSPS) is 14.9. The first-order valence-corrected chi connectivity index (χ1v) is 7.06. The Morgan fingerprint density at radius 3 is 2.59 bits per heavy atom. The predicted octanol–water partition coefficient (Wildman–Crippen LogP) is 3.37. The van der Waals surface area contributed by atoms with E-state index in [-0.39, 0.29) is 0 Å². The van der Waals surface area contributed by atoms with Gasteiger partial charge in [0.15, 0.2) is 0 Å². The summed E-state index contributed by atoms with van der Waals surface area (Å²) in [6, 6.07) is 0.418. The second-order valence-corrected chi connectivity index (χ2v) is 5.62. The number of halogens is 1. The van der Waals surface area contributed by atoms with E-state index < -0.39 is 0 Å². The van der Waals surface area contributed by atoms with Gasteiger partial charge in [0.05, 0.1) is 10.2 Å². The SMILES string of the molecule is CCCNC(C)C(c1ncncc1Br)C(C)C. The van der Waals surface area contributed by atoms with Crippen LogP contribution in [0.4, 0.5) is 0 Å². The molecule has 0 fully saturated rings. The Morgan fingerprint density at radius 2 is 2.06 bits per heavy atom. The van der Waals surface area contributed by atoms with Gasteiger partial charge in [-0.25, -0.2) is 9.97 Å². The fraction of sp³-hybridized carbons (Fsp3) is 0.692. The van der Waals surface area contributed by atoms with E-state index in [9.17, 15) is 0 Å². The van der Waals surface area contributed by atoms with E-state index in [4.69, 9.17) is 0 Å². The number of rotatable bonds is 6. The Labute approximate surface area is 113 Å². The smallest absolute Gasteiger partial charge is 0.115 e. The fourth-order valence-corrected chi connectivity index (χ4v) is 2.68. The van der Waals surface area contributed by atoms with Crippen molar-refractivity contribution in [2.75, 3.05) is 6.54 Å². The van der Waals surface area contributed by atoms with Gasteiger partial charge in [-0.3, -0.25) is 0 Å². The van der Waals surface area contributed by atoms with Crippen molar-refractivity contribution in [1.82, 2.24) is 15.3 Å². The summed E-state index contributed by atoms with van der Waals surface area (Å²) in [5.74, 6) is 0.944. The Kier molecular flexibility index (Phi) is 6.06. The molecule has 96 valence electrons. The largest absolute Gasteiger partial charge is 0.314 e. The summed E-state index contributed by atoms with van der Waals surface area (Å²) in [5.41, 5.74) is 1.10. The number of nitrogens with zero attached hydrogens (tertiary/aromatic N) is 2. The van der Waals surface area contributed by atoms with Gasteiger partial charge < -0.3 is 5.32 Å². The van der Waals surface area contributed by atoms with E-state index in [1.54, 1.807) is 6.33 Å². The maximum absolute atomic E-state index is 4.43. The average Bonchev–Trinajstić information content (AvgIpc) is 2.29. The lowest BCUT2D eigenvalue weighted by molar-refractivity contribution is 0.369. The second kappa shape index (κ2) is 7.07. The van der Waals surface area contributed by atoms with Crippen LogP contribution in [-0.4, -0.2) is 22.6 Å². The van der Waals surface area contributed by atoms with Gasteiger partial charge in [0.1, 0.15) is 6.33 Å². The average molecular weight is 300 g/mol. The van der Waals surface area contributed by atoms with Gasteiger partial charge in [-0.05, 0) is 41.7 Å². The van der Waals surface area contributed by atoms with Crippen LogP contribution in [-0.2, 0) is 0 Å². The van der Waals surface area contributed by atoms with Crippen molar-refractivity contribution in [3.63, 3.8) is 0 Å². The number of hydrogen-bond acceptors (Lipinski definition) is 3. The van der Waals surface area contributed by atoms with Crippen LogP contribution in [0.3, 0.4) is 0 Å². The van der Waals surface area contributed by atoms with E-state index in [2.05, 4.69) is 58.9 Å². The van der Waals surface area contributed by atoms with Crippen molar-refractivity contribution >= 4 is 15.9 Å². The molecule has 1 N–H and O–H groups in total. The molecule has 0 aliphatic rings. The zero-order chi connectivity index (χ0) is 12.8. The molecule has 0 bridgehead atoms. The summed E-state index contributed by atoms with van der Waals surface area (Å²) in [6.45, 7) is 9.94. The van der Waals surface area contributed by atoms with Gasteiger partial charge in [-0.15, -0.1) is 0 Å². The van der Waals surface area contributed by atoms with Crippen molar-refractivity contribution in [1.29, 1.82) is 0 Å². The molecule has 4 heteroatoms. The topological polar surface area (TPSA) is 37.8 Å². The first-order chi connectivity index (χ1) is 8.07. The Balaban J connectivity index is 2.89. The van der Waals surface area contributed by atoms with Crippen LogP contribution in [0.1, 0.15) is 45.7 Å². The third-order valence-corrected chi connectivity index (χ3v) is 3.60.